The number of nitrogens with one attached hydrogen (secondary N) is 2. The number of urea groups is 1. The van der Waals surface area contributed by atoms with E-state index >= 15 is 0 Å². The van der Waals surface area contributed by atoms with Crippen molar-refractivity contribution in [1.82, 2.24) is 5.32 Å². The fourth-order valence-corrected chi connectivity index (χ4v) is 3.60. The van der Waals surface area contributed by atoms with Crippen LogP contribution < -0.4 is 20.1 Å². The summed E-state index contributed by atoms with van der Waals surface area (Å²) >= 11 is 1.38. The summed E-state index contributed by atoms with van der Waals surface area (Å²) in [4.78, 5) is 25.1. The fraction of sp³-hybridized carbons (Fsp3) is 0.143. The van der Waals surface area contributed by atoms with E-state index in [2.05, 4.69) is 10.6 Å². The van der Waals surface area contributed by atoms with Crippen LogP contribution in [0.25, 0.3) is 10.8 Å². The van der Waals surface area contributed by atoms with E-state index in [1.54, 1.807) is 18.2 Å². The molecule has 0 fully saturated rings. The molecule has 0 aliphatic carbocycles. The van der Waals surface area contributed by atoms with Crippen LogP contribution in [0.4, 0.5) is 10.5 Å². The first kappa shape index (κ1) is 18.2. The van der Waals surface area contributed by atoms with Crippen molar-refractivity contribution in [3.8, 4) is 11.5 Å². The van der Waals surface area contributed by atoms with Crippen LogP contribution >= 0.6 is 11.8 Å². The molecule has 142 valence electrons. The van der Waals surface area contributed by atoms with Gasteiger partial charge in [-0.1, -0.05) is 30.3 Å². The van der Waals surface area contributed by atoms with Crippen LogP contribution in [0.1, 0.15) is 0 Å². The van der Waals surface area contributed by atoms with E-state index in [-0.39, 0.29) is 11.7 Å². The molecule has 6 nitrogen and oxygen atoms in total. The predicted molar refractivity (Wildman–Crippen MR) is 109 cm³/mol. The molecule has 3 amide bonds. The highest BCUT2D eigenvalue weighted by molar-refractivity contribution is 8.00. The number of ether oxygens (including phenoxy) is 2. The minimum atomic E-state index is -0.583. The Kier molecular flexibility index (Phi) is 5.34. The number of carbonyl (C=O) groups is 2. The molecule has 0 spiro atoms. The summed E-state index contributed by atoms with van der Waals surface area (Å²) < 4.78 is 10.9. The van der Waals surface area contributed by atoms with Gasteiger partial charge in [-0.3, -0.25) is 10.1 Å². The molecule has 1 aliphatic heterocycles. The molecule has 0 atom stereocenters. The molecule has 0 radical (unpaired) electrons. The molecular weight excluding hydrogens is 376 g/mol. The van der Waals surface area contributed by atoms with Gasteiger partial charge >= 0.3 is 6.03 Å². The number of imide groups is 1. The van der Waals surface area contributed by atoms with Crippen molar-refractivity contribution in [3.63, 3.8) is 0 Å². The zero-order valence-electron chi connectivity index (χ0n) is 14.9. The van der Waals surface area contributed by atoms with Gasteiger partial charge in [0.1, 0.15) is 13.2 Å². The van der Waals surface area contributed by atoms with Crippen LogP contribution in [0.2, 0.25) is 0 Å². The SMILES string of the molecule is O=C(CSc1ccc2ccccc2c1)NC(=O)Nc1ccc2c(c1)OCCO2. The number of hydrogen-bond acceptors (Lipinski definition) is 5. The minimum Gasteiger partial charge on any atom is -0.486 e. The summed E-state index contributed by atoms with van der Waals surface area (Å²) in [6, 6.07) is 18.6. The van der Waals surface area contributed by atoms with Crippen molar-refractivity contribution in [3.05, 3.63) is 60.7 Å². The lowest BCUT2D eigenvalue weighted by molar-refractivity contribution is -0.117. The Morgan fingerprint density at radius 3 is 2.54 bits per heavy atom. The zero-order valence-corrected chi connectivity index (χ0v) is 15.8. The smallest absolute Gasteiger partial charge is 0.325 e. The third-order valence-corrected chi connectivity index (χ3v) is 5.14. The van der Waals surface area contributed by atoms with E-state index in [0.717, 1.165) is 15.7 Å². The lowest BCUT2D eigenvalue weighted by Crippen LogP contribution is -2.35. The van der Waals surface area contributed by atoms with Crippen molar-refractivity contribution in [2.75, 3.05) is 24.3 Å². The lowest BCUT2D eigenvalue weighted by atomic mass is 10.1. The second-order valence-electron chi connectivity index (χ2n) is 6.16. The minimum absolute atomic E-state index is 0.146. The Morgan fingerprint density at radius 1 is 0.893 bits per heavy atom. The molecule has 1 heterocycles. The number of benzene rings is 3. The van der Waals surface area contributed by atoms with Gasteiger partial charge in [0.15, 0.2) is 11.5 Å². The summed E-state index contributed by atoms with van der Waals surface area (Å²) in [5.41, 5.74) is 0.525. The average Bonchev–Trinajstić information content (AvgIpc) is 2.72. The molecule has 0 unspecified atom stereocenters. The molecular formula is C21H18N2O4S. The van der Waals surface area contributed by atoms with E-state index in [4.69, 9.17) is 9.47 Å². The highest BCUT2D eigenvalue weighted by Gasteiger charge is 2.14. The van der Waals surface area contributed by atoms with E-state index in [1.807, 2.05) is 42.5 Å². The van der Waals surface area contributed by atoms with Crippen molar-refractivity contribution >= 4 is 40.2 Å². The molecule has 28 heavy (non-hydrogen) atoms. The molecule has 0 saturated heterocycles. The van der Waals surface area contributed by atoms with Gasteiger partial charge in [0, 0.05) is 16.6 Å². The van der Waals surface area contributed by atoms with Gasteiger partial charge < -0.3 is 14.8 Å². The number of carbonyl (C=O) groups excluding carboxylic acids is 2. The Morgan fingerprint density at radius 2 is 1.68 bits per heavy atom. The number of thioether (sulfide) groups is 1. The van der Waals surface area contributed by atoms with Crippen LogP contribution in [0.15, 0.2) is 65.6 Å². The predicted octanol–water partition coefficient (Wildman–Crippen LogP) is 4.05. The summed E-state index contributed by atoms with van der Waals surface area (Å²) in [7, 11) is 0. The first-order chi connectivity index (χ1) is 13.7. The monoisotopic (exact) mass is 394 g/mol. The Hall–Kier alpha value is -3.19. The summed E-state index contributed by atoms with van der Waals surface area (Å²) in [6.45, 7) is 0.969. The van der Waals surface area contributed by atoms with Gasteiger partial charge in [0.2, 0.25) is 5.91 Å². The van der Waals surface area contributed by atoms with Gasteiger partial charge in [0.25, 0.3) is 0 Å². The van der Waals surface area contributed by atoms with E-state index < -0.39 is 6.03 Å². The Bertz CT molecular complexity index is 1040. The summed E-state index contributed by atoms with van der Waals surface area (Å²) in [5, 5.41) is 7.23. The normalized spacial score (nSPS) is 12.4. The summed E-state index contributed by atoms with van der Waals surface area (Å²) in [5.74, 6) is 0.989. The van der Waals surface area contributed by atoms with Crippen molar-refractivity contribution in [1.29, 1.82) is 0 Å². The zero-order chi connectivity index (χ0) is 19.3. The van der Waals surface area contributed by atoms with E-state index in [1.165, 1.54) is 11.8 Å². The molecule has 0 saturated carbocycles. The number of rotatable bonds is 4. The number of fused-ring (bicyclic) bond motifs is 2. The fourth-order valence-electron chi connectivity index (χ4n) is 2.85. The standard InChI is InChI=1S/C21H18N2O4S/c24-20(13-28-17-7-5-14-3-1-2-4-15(14)11-17)23-21(25)22-16-6-8-18-19(12-16)27-10-9-26-18/h1-8,11-12H,9-10,13H2,(H2,22,23,24,25). The third kappa shape index (κ3) is 4.37. The van der Waals surface area contributed by atoms with Crippen LogP contribution in [0.5, 0.6) is 11.5 Å². The third-order valence-electron chi connectivity index (χ3n) is 4.14. The van der Waals surface area contributed by atoms with Crippen LogP contribution in [-0.4, -0.2) is 30.9 Å². The van der Waals surface area contributed by atoms with Crippen LogP contribution in [0, 0.1) is 0 Å². The first-order valence-electron chi connectivity index (χ1n) is 8.79. The maximum Gasteiger partial charge on any atom is 0.325 e. The number of amides is 3. The maximum absolute atomic E-state index is 12.1. The molecule has 3 aromatic carbocycles. The van der Waals surface area contributed by atoms with Gasteiger partial charge in [-0.2, -0.15) is 0 Å². The molecule has 0 bridgehead atoms. The molecule has 0 aromatic heterocycles. The number of anilines is 1. The van der Waals surface area contributed by atoms with Gasteiger partial charge in [-0.15, -0.1) is 11.8 Å². The number of hydrogen-bond donors (Lipinski definition) is 2. The van der Waals surface area contributed by atoms with E-state index in [9.17, 15) is 9.59 Å². The molecule has 4 rings (SSSR count). The highest BCUT2D eigenvalue weighted by atomic mass is 32.2. The van der Waals surface area contributed by atoms with Crippen molar-refractivity contribution < 1.29 is 19.1 Å². The second-order valence-corrected chi connectivity index (χ2v) is 7.21. The van der Waals surface area contributed by atoms with Gasteiger partial charge in [0.05, 0.1) is 5.75 Å². The molecule has 1 aliphatic rings. The topological polar surface area (TPSA) is 76.7 Å². The Labute approximate surface area is 166 Å². The van der Waals surface area contributed by atoms with Crippen molar-refractivity contribution in [2.45, 2.75) is 4.90 Å². The summed E-state index contributed by atoms with van der Waals surface area (Å²) in [6.07, 6.45) is 0. The van der Waals surface area contributed by atoms with Gasteiger partial charge in [-0.05, 0) is 35.0 Å². The van der Waals surface area contributed by atoms with Crippen LogP contribution in [0.3, 0.4) is 0 Å². The molecule has 2 N–H and O–H groups in total. The first-order valence-corrected chi connectivity index (χ1v) is 9.78. The molecule has 3 aromatic rings. The maximum atomic E-state index is 12.1. The second kappa shape index (κ2) is 8.22. The largest absolute Gasteiger partial charge is 0.486 e. The van der Waals surface area contributed by atoms with Gasteiger partial charge in [-0.25, -0.2) is 4.79 Å². The van der Waals surface area contributed by atoms with Crippen LogP contribution in [-0.2, 0) is 4.79 Å². The Balaban J connectivity index is 1.30. The lowest BCUT2D eigenvalue weighted by Gasteiger charge is -2.19. The molecule has 7 heteroatoms. The quantitative estimate of drug-likeness (QED) is 0.653. The highest BCUT2D eigenvalue weighted by Crippen LogP contribution is 2.32. The average molecular weight is 394 g/mol. The van der Waals surface area contributed by atoms with E-state index in [0.29, 0.717) is 30.4 Å². The van der Waals surface area contributed by atoms with Crippen molar-refractivity contribution in [2.24, 2.45) is 0 Å².